The third-order valence-electron chi connectivity index (χ3n) is 8.10. The third-order valence-corrected chi connectivity index (χ3v) is 11.4. The summed E-state index contributed by atoms with van der Waals surface area (Å²) in [5, 5.41) is 0.660. The lowest BCUT2D eigenvalue weighted by Crippen LogP contribution is -2.46. The molecule has 0 radical (unpaired) electrons. The fourth-order valence-electron chi connectivity index (χ4n) is 5.69. The second kappa shape index (κ2) is 15.8. The summed E-state index contributed by atoms with van der Waals surface area (Å²) in [5.74, 6) is -2.69. The maximum atomic E-state index is 15.8. The third kappa shape index (κ3) is 8.94. The van der Waals surface area contributed by atoms with Crippen LogP contribution in [-0.4, -0.2) is 68.3 Å². The SMILES string of the molecule is COc1ccc(CN(c2ncns2)S(=O)(=O)c2cc(F)c(OCC3CN(C(=O)OC(C)(C)C)CCC3c3ccc(Cl)c(Cl)c3)cc2F)cc1OC. The van der Waals surface area contributed by atoms with Gasteiger partial charge in [-0.3, -0.25) is 0 Å². The van der Waals surface area contributed by atoms with Crippen molar-refractivity contribution in [3.63, 3.8) is 0 Å². The van der Waals surface area contributed by atoms with E-state index in [9.17, 15) is 13.2 Å². The smallest absolute Gasteiger partial charge is 0.410 e. The summed E-state index contributed by atoms with van der Waals surface area (Å²) < 4.78 is 86.1. The van der Waals surface area contributed by atoms with E-state index < -0.39 is 49.9 Å². The number of likely N-dealkylation sites (tertiary alicyclic amines) is 1. The minimum absolute atomic E-state index is 0.0647. The van der Waals surface area contributed by atoms with Gasteiger partial charge < -0.3 is 23.8 Å². The van der Waals surface area contributed by atoms with E-state index in [1.54, 1.807) is 56.0 Å². The molecule has 11 nitrogen and oxygen atoms in total. The van der Waals surface area contributed by atoms with Crippen molar-refractivity contribution in [2.45, 2.75) is 50.2 Å². The normalized spacial score (nSPS) is 16.5. The Morgan fingerprint density at radius 3 is 2.39 bits per heavy atom. The summed E-state index contributed by atoms with van der Waals surface area (Å²) in [5.41, 5.74) is 0.567. The van der Waals surface area contributed by atoms with Crippen LogP contribution in [0.4, 0.5) is 18.7 Å². The lowest BCUT2D eigenvalue weighted by atomic mass is 9.81. The standard InChI is InChI=1S/C34H36Cl2F2N4O7S2/c1-34(2,3)49-33(43)41-11-10-23(21-7-8-24(35)25(36)13-21)22(17-41)18-48-29-14-27(38)31(15-26(29)37)51(44,45)42(32-39-19-40-50-32)16-20-6-9-28(46-4)30(12-20)47-5/h6-9,12-15,19,22-23H,10-11,16-18H2,1-5H3. The number of hydrogen-bond donors (Lipinski definition) is 0. The number of aromatic nitrogens is 2. The number of benzene rings is 3. The molecule has 2 unspecified atom stereocenters. The molecule has 274 valence electrons. The van der Waals surface area contributed by atoms with E-state index in [-0.39, 0.29) is 30.7 Å². The molecule has 1 aliphatic rings. The molecule has 0 saturated carbocycles. The zero-order chi connectivity index (χ0) is 37.1. The average Bonchev–Trinajstić information content (AvgIpc) is 3.62. The highest BCUT2D eigenvalue weighted by atomic mass is 35.5. The summed E-state index contributed by atoms with van der Waals surface area (Å²) >= 11 is 13.2. The molecule has 2 heterocycles. The fourth-order valence-corrected chi connectivity index (χ4v) is 8.19. The molecule has 3 aromatic carbocycles. The van der Waals surface area contributed by atoms with Crippen LogP contribution < -0.4 is 18.5 Å². The van der Waals surface area contributed by atoms with Crippen LogP contribution in [0, 0.1) is 17.6 Å². The summed E-state index contributed by atoms with van der Waals surface area (Å²) in [7, 11) is -1.84. The van der Waals surface area contributed by atoms with Crippen molar-refractivity contribution in [1.82, 2.24) is 14.3 Å². The number of nitrogens with zero attached hydrogens (tertiary/aromatic N) is 4. The minimum atomic E-state index is -4.73. The lowest BCUT2D eigenvalue weighted by molar-refractivity contribution is 0.0110. The molecular formula is C34H36Cl2F2N4O7S2. The first-order chi connectivity index (χ1) is 24.1. The van der Waals surface area contributed by atoms with Crippen LogP contribution in [0.1, 0.15) is 44.2 Å². The average molecular weight is 786 g/mol. The fraction of sp³-hybridized carbons (Fsp3) is 0.382. The van der Waals surface area contributed by atoms with E-state index in [1.165, 1.54) is 14.2 Å². The van der Waals surface area contributed by atoms with E-state index in [0.717, 1.165) is 27.7 Å². The van der Waals surface area contributed by atoms with Gasteiger partial charge in [0.25, 0.3) is 10.0 Å². The quantitative estimate of drug-likeness (QED) is 0.149. The van der Waals surface area contributed by atoms with Gasteiger partial charge >= 0.3 is 6.09 Å². The highest BCUT2D eigenvalue weighted by molar-refractivity contribution is 7.93. The molecule has 1 fully saturated rings. The van der Waals surface area contributed by atoms with Crippen molar-refractivity contribution in [2.24, 2.45) is 5.92 Å². The summed E-state index contributed by atoms with van der Waals surface area (Å²) in [6, 6.07) is 11.3. The van der Waals surface area contributed by atoms with E-state index in [0.29, 0.717) is 52.2 Å². The Hall–Kier alpha value is -3.92. The van der Waals surface area contributed by atoms with Crippen LogP contribution in [0.5, 0.6) is 17.2 Å². The van der Waals surface area contributed by atoms with Gasteiger partial charge in [0.15, 0.2) is 23.1 Å². The second-order valence-electron chi connectivity index (χ2n) is 12.7. The number of hydrogen-bond acceptors (Lipinski definition) is 10. The van der Waals surface area contributed by atoms with Gasteiger partial charge in [0.05, 0.1) is 37.4 Å². The Morgan fingerprint density at radius 2 is 1.75 bits per heavy atom. The first-order valence-electron chi connectivity index (χ1n) is 15.7. The van der Waals surface area contributed by atoms with Crippen LogP contribution in [0.15, 0.2) is 59.8 Å². The molecule has 1 saturated heterocycles. The topological polar surface area (TPSA) is 120 Å². The molecule has 17 heteroatoms. The molecule has 0 bridgehead atoms. The predicted octanol–water partition coefficient (Wildman–Crippen LogP) is 7.96. The molecule has 5 rings (SSSR count). The Kier molecular flexibility index (Phi) is 11.8. The maximum Gasteiger partial charge on any atom is 0.410 e. The molecule has 0 N–H and O–H groups in total. The highest BCUT2D eigenvalue weighted by Crippen LogP contribution is 2.38. The zero-order valence-electron chi connectivity index (χ0n) is 28.4. The van der Waals surface area contributed by atoms with Gasteiger partial charge in [-0.15, -0.1) is 0 Å². The summed E-state index contributed by atoms with van der Waals surface area (Å²) in [6.45, 7) is 5.39. The van der Waals surface area contributed by atoms with Crippen LogP contribution >= 0.6 is 34.7 Å². The molecule has 1 aromatic heterocycles. The number of carbonyl (C=O) groups excluding carboxylic acids is 1. The van der Waals surface area contributed by atoms with Crippen molar-refractivity contribution >= 4 is 56.0 Å². The minimum Gasteiger partial charge on any atom is -0.493 e. The molecular weight excluding hydrogens is 749 g/mol. The van der Waals surface area contributed by atoms with Gasteiger partial charge in [0.1, 0.15) is 22.6 Å². The van der Waals surface area contributed by atoms with Gasteiger partial charge in [-0.2, -0.15) is 4.37 Å². The lowest BCUT2D eigenvalue weighted by Gasteiger charge is -2.39. The molecule has 2 atom stereocenters. The van der Waals surface area contributed by atoms with Crippen molar-refractivity contribution in [1.29, 1.82) is 0 Å². The van der Waals surface area contributed by atoms with Gasteiger partial charge in [0, 0.05) is 42.7 Å². The number of ether oxygens (including phenoxy) is 4. The Bertz CT molecular complexity index is 1980. The zero-order valence-corrected chi connectivity index (χ0v) is 31.5. The molecule has 1 amide bonds. The van der Waals surface area contributed by atoms with E-state index in [2.05, 4.69) is 9.36 Å². The Morgan fingerprint density at radius 1 is 1.00 bits per heavy atom. The van der Waals surface area contributed by atoms with Gasteiger partial charge in [-0.25, -0.2) is 31.3 Å². The molecule has 0 spiro atoms. The first kappa shape index (κ1) is 38.3. The number of methoxy groups -OCH3 is 2. The second-order valence-corrected chi connectivity index (χ2v) is 16.1. The number of amides is 1. The number of halogens is 4. The number of anilines is 1. The van der Waals surface area contributed by atoms with E-state index >= 15 is 8.78 Å². The molecule has 0 aliphatic carbocycles. The largest absolute Gasteiger partial charge is 0.493 e. The predicted molar refractivity (Wildman–Crippen MR) is 190 cm³/mol. The van der Waals surface area contributed by atoms with Crippen LogP contribution in [0.25, 0.3) is 0 Å². The first-order valence-corrected chi connectivity index (χ1v) is 18.6. The Balaban J connectivity index is 1.41. The van der Waals surface area contributed by atoms with Crippen LogP contribution in [0.2, 0.25) is 10.0 Å². The van der Waals surface area contributed by atoms with E-state index in [4.69, 9.17) is 42.1 Å². The van der Waals surface area contributed by atoms with Crippen molar-refractivity contribution in [3.05, 3.63) is 87.7 Å². The summed E-state index contributed by atoms with van der Waals surface area (Å²) in [4.78, 5) is 17.6. The highest BCUT2D eigenvalue weighted by Gasteiger charge is 2.36. The van der Waals surface area contributed by atoms with Crippen molar-refractivity contribution in [3.8, 4) is 17.2 Å². The van der Waals surface area contributed by atoms with E-state index in [1.807, 2.05) is 6.07 Å². The van der Waals surface area contributed by atoms with Crippen LogP contribution in [0.3, 0.4) is 0 Å². The van der Waals surface area contributed by atoms with Gasteiger partial charge in [-0.1, -0.05) is 35.3 Å². The number of rotatable bonds is 11. The number of sulfonamides is 1. The molecule has 51 heavy (non-hydrogen) atoms. The monoisotopic (exact) mass is 784 g/mol. The summed E-state index contributed by atoms with van der Waals surface area (Å²) in [6.07, 6.45) is 1.15. The Labute approximate surface area is 309 Å². The van der Waals surface area contributed by atoms with Crippen molar-refractivity contribution < 1.29 is 40.9 Å². The van der Waals surface area contributed by atoms with Crippen molar-refractivity contribution in [2.75, 3.05) is 38.2 Å². The number of piperidine rings is 1. The maximum absolute atomic E-state index is 15.8. The van der Waals surface area contributed by atoms with Crippen LogP contribution in [-0.2, 0) is 21.3 Å². The molecule has 4 aromatic rings. The van der Waals surface area contributed by atoms with Gasteiger partial charge in [0.2, 0.25) is 5.13 Å². The molecule has 1 aliphatic heterocycles. The number of carbonyl (C=O) groups is 1. The van der Waals surface area contributed by atoms with Gasteiger partial charge in [-0.05, 0) is 68.5 Å².